The lowest BCUT2D eigenvalue weighted by Gasteiger charge is -2.38. The number of piperazine rings is 1. The number of hydrogen-bond acceptors (Lipinski definition) is 6. The van der Waals surface area contributed by atoms with Crippen LogP contribution in [0.25, 0.3) is 0 Å². The Morgan fingerprint density at radius 1 is 0.727 bits per heavy atom. The van der Waals surface area contributed by atoms with Gasteiger partial charge >= 0.3 is 0 Å². The molecule has 0 spiro atoms. The number of likely N-dealkylation sites (tertiary alicyclic amines) is 1. The van der Waals surface area contributed by atoms with Crippen LogP contribution in [0.2, 0.25) is 0 Å². The van der Waals surface area contributed by atoms with Crippen LogP contribution < -0.4 is 20.4 Å². The van der Waals surface area contributed by atoms with E-state index in [9.17, 15) is 9.59 Å². The van der Waals surface area contributed by atoms with E-state index in [-0.39, 0.29) is 17.6 Å². The van der Waals surface area contributed by atoms with E-state index in [0.717, 1.165) is 57.1 Å². The quantitative estimate of drug-likeness (QED) is 0.249. The molecular formula is C36H41N5O3. The van der Waals surface area contributed by atoms with Crippen molar-refractivity contribution in [1.82, 2.24) is 10.2 Å². The molecule has 8 nitrogen and oxygen atoms in total. The molecule has 8 heteroatoms. The molecule has 3 heterocycles. The molecule has 0 radical (unpaired) electrons. The monoisotopic (exact) mass is 591 g/mol. The average Bonchev–Trinajstić information content (AvgIpc) is 3.72. The Kier molecular flexibility index (Phi) is 8.98. The van der Waals surface area contributed by atoms with Crippen LogP contribution in [0.3, 0.4) is 0 Å². The number of benzene rings is 3. The fraction of sp³-hybridized carbons (Fsp3) is 0.333. The first-order valence-electron chi connectivity index (χ1n) is 15.6. The predicted molar refractivity (Wildman–Crippen MR) is 176 cm³/mol. The number of nitrogens with zero attached hydrogens (tertiary/aromatic N) is 3. The van der Waals surface area contributed by atoms with Crippen molar-refractivity contribution < 1.29 is 14.0 Å². The molecule has 0 aliphatic carbocycles. The number of para-hydroxylation sites is 1. The fourth-order valence-corrected chi connectivity index (χ4v) is 6.22. The first-order valence-corrected chi connectivity index (χ1v) is 15.6. The summed E-state index contributed by atoms with van der Waals surface area (Å²) in [6, 6.07) is 25.9. The minimum absolute atomic E-state index is 0.185. The zero-order valence-corrected chi connectivity index (χ0v) is 25.6. The summed E-state index contributed by atoms with van der Waals surface area (Å²) in [7, 11) is 0. The van der Waals surface area contributed by atoms with Crippen LogP contribution in [0, 0.1) is 13.8 Å². The van der Waals surface area contributed by atoms with Crippen LogP contribution in [0.5, 0.6) is 0 Å². The lowest BCUT2D eigenvalue weighted by Crippen LogP contribution is -2.47. The SMILES string of the molecule is Cc1ccc(C(=O)Nc2cc(C(=O)NCc3cccc(CN4CCCC4)c3)ccc2N2CCN(c3ccccc3C)CC2)o1. The maximum atomic E-state index is 13.3. The molecule has 228 valence electrons. The molecule has 6 rings (SSSR count). The van der Waals surface area contributed by atoms with Crippen molar-refractivity contribution in [3.8, 4) is 0 Å². The summed E-state index contributed by atoms with van der Waals surface area (Å²) in [4.78, 5) is 33.6. The highest BCUT2D eigenvalue weighted by Crippen LogP contribution is 2.31. The van der Waals surface area contributed by atoms with E-state index in [1.807, 2.05) is 25.1 Å². The van der Waals surface area contributed by atoms with Gasteiger partial charge < -0.3 is 24.9 Å². The second-order valence-corrected chi connectivity index (χ2v) is 11.8. The summed E-state index contributed by atoms with van der Waals surface area (Å²) in [5.41, 5.74) is 6.82. The van der Waals surface area contributed by atoms with E-state index >= 15 is 0 Å². The second-order valence-electron chi connectivity index (χ2n) is 11.8. The normalized spacial score (nSPS) is 15.4. The van der Waals surface area contributed by atoms with Crippen LogP contribution in [0.1, 0.15) is 56.2 Å². The molecular weight excluding hydrogens is 550 g/mol. The highest BCUT2D eigenvalue weighted by Gasteiger charge is 2.23. The van der Waals surface area contributed by atoms with Crippen LogP contribution in [-0.4, -0.2) is 56.0 Å². The third-order valence-electron chi connectivity index (χ3n) is 8.60. The van der Waals surface area contributed by atoms with E-state index in [1.165, 1.54) is 29.7 Å². The number of rotatable bonds is 9. The molecule has 3 aromatic carbocycles. The molecule has 1 aromatic heterocycles. The second kappa shape index (κ2) is 13.4. The standard InChI is InChI=1S/C36H41N5O3/c1-26-8-3-4-11-32(26)40-18-20-41(21-19-40)33-14-13-30(23-31(33)38-36(43)34-15-12-27(2)44-34)35(42)37-24-28-9-7-10-29(22-28)25-39-16-5-6-17-39/h3-4,7-15,22-23H,5-6,16-21,24-25H2,1-2H3,(H,37,42)(H,38,43). The highest BCUT2D eigenvalue weighted by molar-refractivity contribution is 6.05. The Hall–Kier alpha value is -4.56. The first-order chi connectivity index (χ1) is 21.4. The molecule has 2 amide bonds. The maximum Gasteiger partial charge on any atom is 0.291 e. The Morgan fingerprint density at radius 3 is 2.18 bits per heavy atom. The lowest BCUT2D eigenvalue weighted by molar-refractivity contribution is 0.0949. The summed E-state index contributed by atoms with van der Waals surface area (Å²) in [6.07, 6.45) is 2.53. The van der Waals surface area contributed by atoms with Crippen LogP contribution in [0.15, 0.2) is 83.3 Å². The van der Waals surface area contributed by atoms with Crippen molar-refractivity contribution in [3.63, 3.8) is 0 Å². The van der Waals surface area contributed by atoms with Crippen molar-refractivity contribution in [1.29, 1.82) is 0 Å². The zero-order valence-electron chi connectivity index (χ0n) is 25.6. The van der Waals surface area contributed by atoms with E-state index in [0.29, 0.717) is 23.6 Å². The Balaban J connectivity index is 1.17. The van der Waals surface area contributed by atoms with Crippen molar-refractivity contribution >= 4 is 28.9 Å². The van der Waals surface area contributed by atoms with Gasteiger partial charge in [0.1, 0.15) is 5.76 Å². The molecule has 2 saturated heterocycles. The van der Waals surface area contributed by atoms with Gasteiger partial charge in [0.15, 0.2) is 5.76 Å². The molecule has 44 heavy (non-hydrogen) atoms. The average molecular weight is 592 g/mol. The number of hydrogen-bond donors (Lipinski definition) is 2. The molecule has 2 aliphatic heterocycles. The number of anilines is 3. The number of carbonyl (C=O) groups excluding carboxylic acids is 2. The topological polar surface area (TPSA) is 81.1 Å². The van der Waals surface area contributed by atoms with Crippen molar-refractivity contribution in [2.45, 2.75) is 39.8 Å². The number of carbonyl (C=O) groups is 2. The third kappa shape index (κ3) is 6.97. The molecule has 2 fully saturated rings. The summed E-state index contributed by atoms with van der Waals surface area (Å²) in [5.74, 6) is 0.377. The van der Waals surface area contributed by atoms with Crippen LogP contribution in [-0.2, 0) is 13.1 Å². The van der Waals surface area contributed by atoms with Crippen molar-refractivity contribution in [3.05, 3.63) is 113 Å². The molecule has 0 bridgehead atoms. The number of aryl methyl sites for hydroxylation is 2. The number of nitrogens with one attached hydrogen (secondary N) is 2. The smallest absolute Gasteiger partial charge is 0.291 e. The summed E-state index contributed by atoms with van der Waals surface area (Å²) >= 11 is 0. The number of furan rings is 1. The molecule has 0 atom stereocenters. The molecule has 2 N–H and O–H groups in total. The van der Waals surface area contributed by atoms with Gasteiger partial charge in [-0.25, -0.2) is 0 Å². The number of amides is 2. The Morgan fingerprint density at radius 2 is 1.45 bits per heavy atom. The van der Waals surface area contributed by atoms with Gasteiger partial charge in [0.05, 0.1) is 11.4 Å². The summed E-state index contributed by atoms with van der Waals surface area (Å²) in [5, 5.41) is 6.10. The first kappa shape index (κ1) is 29.5. The fourth-order valence-electron chi connectivity index (χ4n) is 6.22. The Labute approximate surface area is 259 Å². The third-order valence-corrected chi connectivity index (χ3v) is 8.60. The lowest BCUT2D eigenvalue weighted by atomic mass is 10.1. The van der Waals surface area contributed by atoms with E-state index in [2.05, 4.69) is 74.7 Å². The minimum Gasteiger partial charge on any atom is -0.456 e. The van der Waals surface area contributed by atoms with Gasteiger partial charge in [0.25, 0.3) is 11.8 Å². The van der Waals surface area contributed by atoms with Gasteiger partial charge in [-0.3, -0.25) is 14.5 Å². The van der Waals surface area contributed by atoms with Gasteiger partial charge in [0, 0.05) is 50.5 Å². The predicted octanol–water partition coefficient (Wildman–Crippen LogP) is 6.00. The largest absolute Gasteiger partial charge is 0.456 e. The van der Waals surface area contributed by atoms with E-state index < -0.39 is 0 Å². The summed E-state index contributed by atoms with van der Waals surface area (Å²) < 4.78 is 5.58. The summed E-state index contributed by atoms with van der Waals surface area (Å²) in [6.45, 7) is 10.9. The van der Waals surface area contributed by atoms with Gasteiger partial charge in [-0.15, -0.1) is 0 Å². The van der Waals surface area contributed by atoms with Gasteiger partial charge in [-0.05, 0) is 92.9 Å². The Bertz CT molecular complexity index is 1620. The van der Waals surface area contributed by atoms with E-state index in [4.69, 9.17) is 4.42 Å². The molecule has 0 saturated carbocycles. The maximum absolute atomic E-state index is 13.3. The molecule has 4 aromatic rings. The molecule has 2 aliphatic rings. The van der Waals surface area contributed by atoms with Crippen LogP contribution >= 0.6 is 0 Å². The van der Waals surface area contributed by atoms with Gasteiger partial charge in [-0.1, -0.05) is 42.5 Å². The van der Waals surface area contributed by atoms with Gasteiger partial charge in [0.2, 0.25) is 0 Å². The van der Waals surface area contributed by atoms with Gasteiger partial charge in [-0.2, -0.15) is 0 Å². The van der Waals surface area contributed by atoms with Crippen molar-refractivity contribution in [2.75, 3.05) is 54.4 Å². The van der Waals surface area contributed by atoms with Crippen LogP contribution in [0.4, 0.5) is 17.1 Å². The highest BCUT2D eigenvalue weighted by atomic mass is 16.3. The van der Waals surface area contributed by atoms with E-state index in [1.54, 1.807) is 18.2 Å². The van der Waals surface area contributed by atoms with Crippen molar-refractivity contribution in [2.24, 2.45) is 0 Å². The zero-order chi connectivity index (χ0) is 30.5. The minimum atomic E-state index is -0.342. The molecule has 0 unspecified atom stereocenters.